The number of rotatable bonds is 9. The highest BCUT2D eigenvalue weighted by atomic mass is 16.2. The number of hydrogen-bond acceptors (Lipinski definition) is 2. The van der Waals surface area contributed by atoms with Crippen LogP contribution in [-0.4, -0.2) is 29.0 Å². The molecule has 180 valence electrons. The molecule has 2 amide bonds. The fourth-order valence-electron chi connectivity index (χ4n) is 4.85. The Kier molecular flexibility index (Phi) is 7.66. The number of amides is 2. The van der Waals surface area contributed by atoms with Gasteiger partial charge in [-0.2, -0.15) is 0 Å². The van der Waals surface area contributed by atoms with Crippen molar-refractivity contribution in [2.45, 2.75) is 46.2 Å². The van der Waals surface area contributed by atoms with E-state index in [0.717, 1.165) is 40.0 Å². The number of nitrogens with one attached hydrogen (secondary N) is 1. The predicted octanol–water partition coefficient (Wildman–Crippen LogP) is 5.29. The summed E-state index contributed by atoms with van der Waals surface area (Å²) < 4.78 is 2.23. The van der Waals surface area contributed by atoms with Gasteiger partial charge in [-0.15, -0.1) is 0 Å². The summed E-state index contributed by atoms with van der Waals surface area (Å²) in [5, 5.41) is 4.17. The molecule has 1 heterocycles. The molecule has 0 aliphatic heterocycles. The Morgan fingerprint density at radius 3 is 2.17 bits per heavy atom. The van der Waals surface area contributed by atoms with E-state index in [0.29, 0.717) is 13.0 Å². The number of carbonyl (C=O) groups excluding carboxylic acids is 2. The number of anilines is 1. The number of fused-ring (bicyclic) bond motifs is 1. The standard InChI is InChI=1S/C30H33N3O2/c1-4-32-22(3)26(25-18-12-13-19-28(25)32)21-29(34)31-27(20-23-14-8-6-9-15-23)30(35)33(5-2)24-16-10-7-11-17-24/h6-19,27H,4-5,20-21H2,1-3H3,(H,31,34)/t27-/m0/s1. The van der Waals surface area contributed by atoms with Gasteiger partial charge in [-0.3, -0.25) is 9.59 Å². The molecule has 0 bridgehead atoms. The lowest BCUT2D eigenvalue weighted by molar-refractivity contribution is -0.127. The quantitative estimate of drug-likeness (QED) is 0.364. The first-order chi connectivity index (χ1) is 17.0. The molecule has 0 aliphatic carbocycles. The minimum absolute atomic E-state index is 0.108. The molecule has 3 aromatic carbocycles. The van der Waals surface area contributed by atoms with Crippen LogP contribution in [0.25, 0.3) is 10.9 Å². The Morgan fingerprint density at radius 1 is 0.886 bits per heavy atom. The molecule has 0 saturated carbocycles. The predicted molar refractivity (Wildman–Crippen MR) is 143 cm³/mol. The fraction of sp³-hybridized carbons (Fsp3) is 0.267. The van der Waals surface area contributed by atoms with Gasteiger partial charge in [-0.05, 0) is 50.1 Å². The van der Waals surface area contributed by atoms with Gasteiger partial charge < -0.3 is 14.8 Å². The van der Waals surface area contributed by atoms with Gasteiger partial charge in [-0.1, -0.05) is 66.7 Å². The average Bonchev–Trinajstić information content (AvgIpc) is 3.15. The third-order valence-electron chi connectivity index (χ3n) is 6.58. The molecule has 4 rings (SSSR count). The summed E-state index contributed by atoms with van der Waals surface area (Å²) in [4.78, 5) is 28.8. The van der Waals surface area contributed by atoms with E-state index in [4.69, 9.17) is 0 Å². The number of aryl methyl sites for hydroxylation is 1. The van der Waals surface area contributed by atoms with Gasteiger partial charge in [-0.25, -0.2) is 0 Å². The van der Waals surface area contributed by atoms with Crippen LogP contribution >= 0.6 is 0 Å². The van der Waals surface area contributed by atoms with Gasteiger partial charge in [0.15, 0.2) is 0 Å². The van der Waals surface area contributed by atoms with E-state index in [2.05, 4.69) is 35.9 Å². The van der Waals surface area contributed by atoms with Crippen LogP contribution in [0, 0.1) is 6.92 Å². The summed E-state index contributed by atoms with van der Waals surface area (Å²) in [5.41, 5.74) is 5.08. The molecule has 1 aromatic heterocycles. The number of para-hydroxylation sites is 2. The molecule has 0 spiro atoms. The van der Waals surface area contributed by atoms with Crippen molar-refractivity contribution in [1.82, 2.24) is 9.88 Å². The third kappa shape index (κ3) is 5.29. The topological polar surface area (TPSA) is 54.3 Å². The van der Waals surface area contributed by atoms with Crippen LogP contribution in [0.1, 0.15) is 30.7 Å². The lowest BCUT2D eigenvalue weighted by atomic mass is 10.0. The summed E-state index contributed by atoms with van der Waals surface area (Å²) in [6.07, 6.45) is 0.666. The highest BCUT2D eigenvalue weighted by Gasteiger charge is 2.27. The van der Waals surface area contributed by atoms with Gasteiger partial charge in [0, 0.05) is 41.8 Å². The van der Waals surface area contributed by atoms with Crippen molar-refractivity contribution < 1.29 is 9.59 Å². The van der Waals surface area contributed by atoms with Crippen molar-refractivity contribution in [3.63, 3.8) is 0 Å². The minimum atomic E-state index is -0.662. The summed E-state index contributed by atoms with van der Waals surface area (Å²) in [6.45, 7) is 7.49. The average molecular weight is 468 g/mol. The van der Waals surface area contributed by atoms with Crippen molar-refractivity contribution in [3.8, 4) is 0 Å². The Hall–Kier alpha value is -3.86. The number of aromatic nitrogens is 1. The van der Waals surface area contributed by atoms with E-state index >= 15 is 0 Å². The first kappa shape index (κ1) is 24.3. The third-order valence-corrected chi connectivity index (χ3v) is 6.58. The molecular weight excluding hydrogens is 434 g/mol. The molecule has 5 heteroatoms. The molecule has 0 radical (unpaired) electrons. The molecule has 0 unspecified atom stereocenters. The molecule has 0 fully saturated rings. The van der Waals surface area contributed by atoms with Crippen molar-refractivity contribution in [3.05, 3.63) is 102 Å². The number of hydrogen-bond donors (Lipinski definition) is 1. The molecule has 1 N–H and O–H groups in total. The number of nitrogens with zero attached hydrogens (tertiary/aromatic N) is 2. The summed E-state index contributed by atoms with van der Waals surface area (Å²) in [5.74, 6) is -0.255. The van der Waals surface area contributed by atoms with Crippen molar-refractivity contribution in [2.24, 2.45) is 0 Å². The van der Waals surface area contributed by atoms with Gasteiger partial charge in [0.2, 0.25) is 11.8 Å². The molecule has 5 nitrogen and oxygen atoms in total. The van der Waals surface area contributed by atoms with Gasteiger partial charge in [0.25, 0.3) is 0 Å². The van der Waals surface area contributed by atoms with Crippen molar-refractivity contribution in [2.75, 3.05) is 11.4 Å². The van der Waals surface area contributed by atoms with E-state index in [-0.39, 0.29) is 18.2 Å². The zero-order valence-electron chi connectivity index (χ0n) is 20.7. The summed E-state index contributed by atoms with van der Waals surface area (Å²) in [6, 6.07) is 27.0. The van der Waals surface area contributed by atoms with E-state index in [1.807, 2.05) is 79.7 Å². The normalized spacial score (nSPS) is 11.9. The van der Waals surface area contributed by atoms with Crippen LogP contribution in [0.3, 0.4) is 0 Å². The maximum absolute atomic E-state index is 13.7. The second-order valence-corrected chi connectivity index (χ2v) is 8.73. The first-order valence-corrected chi connectivity index (χ1v) is 12.3. The maximum atomic E-state index is 13.7. The Balaban J connectivity index is 1.61. The first-order valence-electron chi connectivity index (χ1n) is 12.3. The molecule has 0 saturated heterocycles. The second-order valence-electron chi connectivity index (χ2n) is 8.73. The molecule has 4 aromatic rings. The SMILES string of the molecule is CCN(C(=O)[C@H](Cc1ccccc1)NC(=O)Cc1c(C)n(CC)c2ccccc12)c1ccccc1. The monoisotopic (exact) mass is 467 g/mol. The van der Waals surface area contributed by atoms with Gasteiger partial charge in [0.1, 0.15) is 6.04 Å². The number of benzene rings is 3. The second kappa shape index (κ2) is 11.0. The summed E-state index contributed by atoms with van der Waals surface area (Å²) in [7, 11) is 0. The molecule has 1 atom stereocenters. The van der Waals surface area contributed by atoms with Crippen molar-refractivity contribution >= 4 is 28.4 Å². The highest BCUT2D eigenvalue weighted by Crippen LogP contribution is 2.26. The molecule has 0 aliphatic rings. The Labute approximate surface area is 207 Å². The number of likely N-dealkylation sites (N-methyl/N-ethyl adjacent to an activating group) is 1. The molecule has 35 heavy (non-hydrogen) atoms. The van der Waals surface area contributed by atoms with Crippen molar-refractivity contribution in [1.29, 1.82) is 0 Å². The van der Waals surface area contributed by atoms with E-state index in [1.54, 1.807) is 4.90 Å². The highest BCUT2D eigenvalue weighted by molar-refractivity contribution is 6.00. The van der Waals surface area contributed by atoms with Crippen LogP contribution < -0.4 is 10.2 Å². The number of carbonyl (C=O) groups is 2. The lowest BCUT2D eigenvalue weighted by Gasteiger charge is -2.27. The minimum Gasteiger partial charge on any atom is -0.345 e. The Morgan fingerprint density at radius 2 is 1.51 bits per heavy atom. The zero-order chi connectivity index (χ0) is 24.8. The van der Waals surface area contributed by atoms with Crippen LogP contribution in [-0.2, 0) is 29.0 Å². The largest absolute Gasteiger partial charge is 0.345 e. The van der Waals surface area contributed by atoms with E-state index in [1.165, 1.54) is 0 Å². The van der Waals surface area contributed by atoms with E-state index < -0.39 is 6.04 Å². The molecular formula is C30H33N3O2. The van der Waals surface area contributed by atoms with E-state index in [9.17, 15) is 9.59 Å². The van der Waals surface area contributed by atoms with Crippen LogP contribution in [0.2, 0.25) is 0 Å². The van der Waals surface area contributed by atoms with Gasteiger partial charge in [0.05, 0.1) is 6.42 Å². The van der Waals surface area contributed by atoms with Gasteiger partial charge >= 0.3 is 0 Å². The maximum Gasteiger partial charge on any atom is 0.249 e. The van der Waals surface area contributed by atoms with Crippen LogP contribution in [0.4, 0.5) is 5.69 Å². The fourth-order valence-corrected chi connectivity index (χ4v) is 4.85. The smallest absolute Gasteiger partial charge is 0.249 e. The Bertz CT molecular complexity index is 1300. The van der Waals surface area contributed by atoms with Crippen LogP contribution in [0.5, 0.6) is 0 Å². The summed E-state index contributed by atoms with van der Waals surface area (Å²) >= 11 is 0. The lowest BCUT2D eigenvalue weighted by Crippen LogP contribution is -2.50. The van der Waals surface area contributed by atoms with Crippen LogP contribution in [0.15, 0.2) is 84.9 Å². The zero-order valence-corrected chi connectivity index (χ0v) is 20.7.